The molecule has 0 spiro atoms. The third kappa shape index (κ3) is 11.2. The molecule has 0 aliphatic rings. The number of nitrogens with one attached hydrogen (secondary N) is 5. The van der Waals surface area contributed by atoms with E-state index in [1.165, 1.54) is 6.07 Å². The molecule has 0 aliphatic heterocycles. The summed E-state index contributed by atoms with van der Waals surface area (Å²) in [6.07, 6.45) is -4.67. The first-order valence-electron chi connectivity index (χ1n) is 14.7. The second kappa shape index (κ2) is 15.1. The average molecular weight is 626 g/mol. The summed E-state index contributed by atoms with van der Waals surface area (Å²) in [7, 11) is 0. The van der Waals surface area contributed by atoms with Crippen molar-refractivity contribution in [3.05, 3.63) is 99.6 Å². The number of anilines is 1. The third-order valence-corrected chi connectivity index (χ3v) is 6.92. The first kappa shape index (κ1) is 35.1. The molecule has 3 rings (SSSR count). The number of halogens is 3. The highest BCUT2D eigenvalue weighted by molar-refractivity contribution is 6.01. The molecule has 0 unspecified atom stereocenters. The summed E-state index contributed by atoms with van der Waals surface area (Å²) < 4.78 is 40.5. The van der Waals surface area contributed by atoms with Crippen molar-refractivity contribution < 1.29 is 27.6 Å². The number of aryl methyl sites for hydroxylation is 3. The van der Waals surface area contributed by atoms with Gasteiger partial charge in [0, 0.05) is 30.9 Å². The molecule has 0 heterocycles. The van der Waals surface area contributed by atoms with Gasteiger partial charge in [0.15, 0.2) is 0 Å². The molecule has 11 heteroatoms. The van der Waals surface area contributed by atoms with Gasteiger partial charge in [-0.1, -0.05) is 53.6 Å². The summed E-state index contributed by atoms with van der Waals surface area (Å²) in [5, 5.41) is 14.1. The maximum Gasteiger partial charge on any atom is 0.416 e. The fourth-order valence-corrected chi connectivity index (χ4v) is 4.53. The zero-order valence-corrected chi connectivity index (χ0v) is 26.5. The second-order valence-electron chi connectivity index (χ2n) is 12.2. The van der Waals surface area contributed by atoms with Gasteiger partial charge in [0.05, 0.1) is 17.7 Å². The Kier molecular flexibility index (Phi) is 11.8. The Hall–Kier alpha value is -4.38. The molecule has 0 aromatic heterocycles. The van der Waals surface area contributed by atoms with E-state index >= 15 is 0 Å². The van der Waals surface area contributed by atoms with Crippen LogP contribution in [0, 0.1) is 20.8 Å². The number of rotatable bonds is 12. The SMILES string of the molecule is Cc1ccc(CNc2ccc(C(F)(F)F)cc2C(=O)NCC(=O)N[C@@H](CNCc2ccc(C)cc2C)C(=O)NC(C)(C)C)cc1. The van der Waals surface area contributed by atoms with Crippen LogP contribution in [0.5, 0.6) is 0 Å². The van der Waals surface area contributed by atoms with E-state index in [9.17, 15) is 27.6 Å². The number of carbonyl (C=O) groups is 3. The van der Waals surface area contributed by atoms with Gasteiger partial charge in [0.2, 0.25) is 11.8 Å². The molecule has 0 bridgehead atoms. The molecule has 0 radical (unpaired) electrons. The Labute approximate surface area is 262 Å². The molecule has 3 amide bonds. The molecule has 3 aromatic carbocycles. The number of hydrogen-bond acceptors (Lipinski definition) is 5. The van der Waals surface area contributed by atoms with Crippen LogP contribution < -0.4 is 26.6 Å². The molecule has 0 saturated carbocycles. The largest absolute Gasteiger partial charge is 0.416 e. The van der Waals surface area contributed by atoms with Crippen LogP contribution in [-0.4, -0.2) is 42.4 Å². The molecule has 0 saturated heterocycles. The third-order valence-electron chi connectivity index (χ3n) is 6.92. The number of alkyl halides is 3. The number of amides is 3. The zero-order valence-electron chi connectivity index (χ0n) is 26.5. The Morgan fingerprint density at radius 1 is 0.822 bits per heavy atom. The van der Waals surface area contributed by atoms with Crippen LogP contribution in [0.2, 0.25) is 0 Å². The first-order valence-corrected chi connectivity index (χ1v) is 14.7. The highest BCUT2D eigenvalue weighted by atomic mass is 19.4. The monoisotopic (exact) mass is 625 g/mol. The molecular formula is C34H42F3N5O3. The fourth-order valence-electron chi connectivity index (χ4n) is 4.53. The Morgan fingerprint density at radius 3 is 2.11 bits per heavy atom. The molecular weight excluding hydrogens is 583 g/mol. The summed E-state index contributed by atoms with van der Waals surface area (Å²) in [5.74, 6) is -1.96. The van der Waals surface area contributed by atoms with Crippen molar-refractivity contribution in [3.63, 3.8) is 0 Å². The molecule has 8 nitrogen and oxygen atoms in total. The molecule has 0 fully saturated rings. The molecule has 1 atom stereocenters. The number of hydrogen-bond donors (Lipinski definition) is 5. The average Bonchev–Trinajstić information content (AvgIpc) is 2.94. The lowest BCUT2D eigenvalue weighted by atomic mass is 10.1. The Balaban J connectivity index is 1.69. The van der Waals surface area contributed by atoms with Crippen molar-refractivity contribution in [2.75, 3.05) is 18.4 Å². The van der Waals surface area contributed by atoms with Crippen LogP contribution in [0.15, 0.2) is 60.7 Å². The summed E-state index contributed by atoms with van der Waals surface area (Å²) in [5.41, 5.74) is 3.56. The van der Waals surface area contributed by atoms with E-state index in [1.54, 1.807) is 0 Å². The predicted octanol–water partition coefficient (Wildman–Crippen LogP) is 5.16. The van der Waals surface area contributed by atoms with Crippen molar-refractivity contribution >= 4 is 23.4 Å². The summed E-state index contributed by atoms with van der Waals surface area (Å²) >= 11 is 0. The minimum Gasteiger partial charge on any atom is -0.380 e. The van der Waals surface area contributed by atoms with Gasteiger partial charge in [-0.05, 0) is 76.4 Å². The minimum atomic E-state index is -4.67. The van der Waals surface area contributed by atoms with E-state index in [0.29, 0.717) is 6.54 Å². The topological polar surface area (TPSA) is 111 Å². The second-order valence-corrected chi connectivity index (χ2v) is 12.2. The first-order chi connectivity index (χ1) is 21.0. The highest BCUT2D eigenvalue weighted by Gasteiger charge is 2.32. The van der Waals surface area contributed by atoms with E-state index in [0.717, 1.165) is 39.9 Å². The van der Waals surface area contributed by atoms with Gasteiger partial charge >= 0.3 is 6.18 Å². The maximum absolute atomic E-state index is 13.5. The number of benzene rings is 3. The van der Waals surface area contributed by atoms with Crippen molar-refractivity contribution in [2.24, 2.45) is 0 Å². The molecule has 0 aliphatic carbocycles. The van der Waals surface area contributed by atoms with E-state index in [1.807, 2.05) is 77.9 Å². The quantitative estimate of drug-likeness (QED) is 0.191. The lowest BCUT2D eigenvalue weighted by Gasteiger charge is -2.26. The lowest BCUT2D eigenvalue weighted by molar-refractivity contribution is -0.137. The van der Waals surface area contributed by atoms with E-state index < -0.39 is 47.6 Å². The molecule has 45 heavy (non-hydrogen) atoms. The van der Waals surface area contributed by atoms with E-state index in [-0.39, 0.29) is 24.3 Å². The van der Waals surface area contributed by atoms with Gasteiger partial charge in [-0.25, -0.2) is 0 Å². The fraction of sp³-hybridized carbons (Fsp3) is 0.382. The van der Waals surface area contributed by atoms with Gasteiger partial charge in [0.25, 0.3) is 5.91 Å². The van der Waals surface area contributed by atoms with Crippen molar-refractivity contribution in [2.45, 2.75) is 72.4 Å². The Morgan fingerprint density at radius 2 is 1.49 bits per heavy atom. The van der Waals surface area contributed by atoms with Crippen LogP contribution in [0.1, 0.15) is 64.5 Å². The van der Waals surface area contributed by atoms with Crippen molar-refractivity contribution in [1.29, 1.82) is 0 Å². The van der Waals surface area contributed by atoms with Crippen LogP contribution in [0.25, 0.3) is 0 Å². The van der Waals surface area contributed by atoms with Crippen LogP contribution in [0.3, 0.4) is 0 Å². The zero-order chi connectivity index (χ0) is 33.4. The van der Waals surface area contributed by atoms with Crippen molar-refractivity contribution in [3.8, 4) is 0 Å². The van der Waals surface area contributed by atoms with Gasteiger partial charge in [-0.15, -0.1) is 0 Å². The summed E-state index contributed by atoms with van der Waals surface area (Å²) in [6, 6.07) is 15.5. The van der Waals surface area contributed by atoms with Gasteiger partial charge in [0.1, 0.15) is 6.04 Å². The molecule has 5 N–H and O–H groups in total. The van der Waals surface area contributed by atoms with Crippen LogP contribution in [-0.2, 0) is 28.9 Å². The minimum absolute atomic E-state index is 0.107. The van der Waals surface area contributed by atoms with Gasteiger partial charge in [-0.2, -0.15) is 13.2 Å². The van der Waals surface area contributed by atoms with Gasteiger partial charge < -0.3 is 26.6 Å². The van der Waals surface area contributed by atoms with Crippen LogP contribution >= 0.6 is 0 Å². The normalized spacial score (nSPS) is 12.3. The smallest absolute Gasteiger partial charge is 0.380 e. The summed E-state index contributed by atoms with van der Waals surface area (Å²) in [6.45, 7) is 11.7. The van der Waals surface area contributed by atoms with E-state index in [4.69, 9.17) is 0 Å². The van der Waals surface area contributed by atoms with E-state index in [2.05, 4.69) is 32.7 Å². The lowest BCUT2D eigenvalue weighted by Crippen LogP contribution is -2.56. The standard InChI is InChI=1S/C34H42F3N5O3/c1-21-7-10-24(11-8-21)17-39-28-14-13-26(34(35,36)37)16-27(28)31(44)40-20-30(43)41-29(32(45)42-33(4,5)6)19-38-18-25-12-9-22(2)15-23(25)3/h7-16,29,38-39H,17-20H2,1-6H3,(H,40,44)(H,41,43)(H,42,45)/t29-/m0/s1. The number of carbonyl (C=O) groups excluding carboxylic acids is 3. The molecule has 3 aromatic rings. The highest BCUT2D eigenvalue weighted by Crippen LogP contribution is 2.32. The molecule has 242 valence electrons. The summed E-state index contributed by atoms with van der Waals surface area (Å²) in [4.78, 5) is 39.0. The maximum atomic E-state index is 13.5. The van der Waals surface area contributed by atoms with Crippen molar-refractivity contribution in [1.82, 2.24) is 21.3 Å². The van der Waals surface area contributed by atoms with Gasteiger partial charge in [-0.3, -0.25) is 14.4 Å². The predicted molar refractivity (Wildman–Crippen MR) is 170 cm³/mol. The van der Waals surface area contributed by atoms with Crippen LogP contribution in [0.4, 0.5) is 18.9 Å². The Bertz CT molecular complexity index is 1500.